The Labute approximate surface area is 141 Å². The highest BCUT2D eigenvalue weighted by molar-refractivity contribution is 6.80. The van der Waals surface area contributed by atoms with E-state index in [1.807, 2.05) is 6.08 Å². The molecule has 0 aliphatic rings. The summed E-state index contributed by atoms with van der Waals surface area (Å²) < 4.78 is 1.58. The molecule has 2 aromatic rings. The number of aromatic nitrogens is 3. The lowest BCUT2D eigenvalue weighted by Crippen LogP contribution is -2.31. The summed E-state index contributed by atoms with van der Waals surface area (Å²) in [6.45, 7) is 6.82. The van der Waals surface area contributed by atoms with Gasteiger partial charge in [0.1, 0.15) is 18.3 Å². The predicted octanol–water partition coefficient (Wildman–Crippen LogP) is 3.91. The fourth-order valence-electron chi connectivity index (χ4n) is 2.02. The fraction of sp³-hybridized carbons (Fsp3) is 0.333. The highest BCUT2D eigenvalue weighted by Crippen LogP contribution is 2.33. The van der Waals surface area contributed by atoms with Gasteiger partial charge >= 0.3 is 0 Å². The van der Waals surface area contributed by atoms with Crippen molar-refractivity contribution in [2.75, 3.05) is 0 Å². The van der Waals surface area contributed by atoms with Crippen molar-refractivity contribution < 1.29 is 5.11 Å². The quantitative estimate of drug-likeness (QED) is 0.827. The molecule has 1 N–H and O–H groups in total. The van der Waals surface area contributed by atoms with Crippen LogP contribution in [0.5, 0.6) is 0 Å². The van der Waals surface area contributed by atoms with Crippen molar-refractivity contribution in [3.05, 3.63) is 58.2 Å². The Hall–Kier alpha value is -1.14. The van der Waals surface area contributed by atoms with Gasteiger partial charge in [0.15, 0.2) is 0 Å². The number of hydrogen-bond acceptors (Lipinski definition) is 3. The molecule has 22 heavy (non-hydrogen) atoms. The van der Waals surface area contributed by atoms with Crippen LogP contribution in [0.15, 0.2) is 42.6 Å². The summed E-state index contributed by atoms with van der Waals surface area (Å²) in [5.74, 6) is 0. The minimum Gasteiger partial charge on any atom is -0.379 e. The van der Waals surface area contributed by atoms with E-state index >= 15 is 0 Å². The van der Waals surface area contributed by atoms with Gasteiger partial charge in [-0.15, -0.1) is 0 Å². The van der Waals surface area contributed by atoms with E-state index in [9.17, 15) is 5.11 Å². The molecule has 0 radical (unpaired) electrons. The maximum atomic E-state index is 11.2. The third-order valence-corrected chi connectivity index (χ3v) is 4.84. The fourth-order valence-corrected chi connectivity index (χ4v) is 3.37. The van der Waals surface area contributed by atoms with E-state index in [1.165, 1.54) is 6.33 Å². The molecular formula is C15H19Cl2N3OSi. The lowest BCUT2D eigenvalue weighted by atomic mass is 9.94. The number of hydrogen-bond donors (Lipinski definition) is 1. The van der Waals surface area contributed by atoms with E-state index in [0.717, 1.165) is 0 Å². The van der Waals surface area contributed by atoms with Crippen molar-refractivity contribution in [3.8, 4) is 0 Å². The molecular weight excluding hydrogens is 337 g/mol. The number of benzene rings is 1. The smallest absolute Gasteiger partial charge is 0.137 e. The van der Waals surface area contributed by atoms with Crippen LogP contribution in [-0.2, 0) is 12.1 Å². The number of halogens is 2. The summed E-state index contributed by atoms with van der Waals surface area (Å²) in [6.07, 6.45) is 4.82. The highest BCUT2D eigenvalue weighted by atomic mass is 35.5. The summed E-state index contributed by atoms with van der Waals surface area (Å²) in [6, 6.07) is 5.10. The minimum atomic E-state index is -1.48. The standard InChI is InChI=1S/C15H19Cl2N3OSi/c1-22(2,3)7-6-15(21,9-20-11-18-10-19-20)13-5-4-12(16)8-14(13)17/h4-8,10-11,21H,9H2,1-3H3/b7-6+. The lowest BCUT2D eigenvalue weighted by molar-refractivity contribution is 0.0657. The second kappa shape index (κ2) is 6.54. The minimum absolute atomic E-state index is 0.231. The molecule has 0 saturated heterocycles. The van der Waals surface area contributed by atoms with E-state index in [0.29, 0.717) is 15.6 Å². The Bertz CT molecular complexity index is 668. The molecule has 1 atom stereocenters. The van der Waals surface area contributed by atoms with Crippen LogP contribution in [0.3, 0.4) is 0 Å². The summed E-state index contributed by atoms with van der Waals surface area (Å²) in [7, 11) is -1.48. The zero-order valence-corrected chi connectivity index (χ0v) is 15.3. The summed E-state index contributed by atoms with van der Waals surface area (Å²) in [5.41, 5.74) is 1.42. The van der Waals surface area contributed by atoms with Gasteiger partial charge in [0.25, 0.3) is 0 Å². The Morgan fingerprint density at radius 3 is 2.59 bits per heavy atom. The Kier molecular flexibility index (Phi) is 5.12. The van der Waals surface area contributed by atoms with Gasteiger partial charge in [0.2, 0.25) is 0 Å². The SMILES string of the molecule is C[Si](C)(C)/C=C/C(O)(Cn1cncn1)c1ccc(Cl)cc1Cl. The van der Waals surface area contributed by atoms with Crippen LogP contribution < -0.4 is 0 Å². The Morgan fingerprint density at radius 2 is 2.05 bits per heavy atom. The van der Waals surface area contributed by atoms with Crippen molar-refractivity contribution in [3.63, 3.8) is 0 Å². The molecule has 0 spiro atoms. The molecule has 0 amide bonds. The molecule has 0 aliphatic carbocycles. The topological polar surface area (TPSA) is 50.9 Å². The van der Waals surface area contributed by atoms with E-state index in [4.69, 9.17) is 23.2 Å². The molecule has 1 aromatic heterocycles. The molecule has 7 heteroatoms. The van der Waals surface area contributed by atoms with Gasteiger partial charge < -0.3 is 5.11 Å². The van der Waals surface area contributed by atoms with Crippen molar-refractivity contribution in [1.82, 2.24) is 14.8 Å². The first-order chi connectivity index (χ1) is 10.2. The maximum Gasteiger partial charge on any atom is 0.137 e. The third kappa shape index (κ3) is 4.43. The van der Waals surface area contributed by atoms with Crippen LogP contribution in [-0.4, -0.2) is 27.9 Å². The molecule has 0 aliphatic heterocycles. The summed E-state index contributed by atoms with van der Waals surface area (Å²) >= 11 is 12.2. The van der Waals surface area contributed by atoms with Gasteiger partial charge in [-0.3, -0.25) is 0 Å². The van der Waals surface area contributed by atoms with Crippen LogP contribution >= 0.6 is 23.2 Å². The first-order valence-corrected chi connectivity index (χ1v) is 11.2. The van der Waals surface area contributed by atoms with Crippen LogP contribution in [0, 0.1) is 0 Å². The molecule has 2 rings (SSSR count). The second-order valence-corrected chi connectivity index (χ2v) is 12.2. The number of aliphatic hydroxyl groups is 1. The number of nitrogens with zero attached hydrogens (tertiary/aromatic N) is 3. The van der Waals surface area contributed by atoms with Gasteiger partial charge in [-0.1, -0.05) is 60.7 Å². The van der Waals surface area contributed by atoms with Crippen molar-refractivity contribution in [2.24, 2.45) is 0 Å². The zero-order chi connectivity index (χ0) is 16.4. The zero-order valence-electron chi connectivity index (χ0n) is 12.8. The van der Waals surface area contributed by atoms with E-state index in [2.05, 4.69) is 35.4 Å². The largest absolute Gasteiger partial charge is 0.379 e. The van der Waals surface area contributed by atoms with E-state index < -0.39 is 13.7 Å². The average Bonchev–Trinajstić information content (AvgIpc) is 2.88. The number of rotatable bonds is 5. The first-order valence-electron chi connectivity index (χ1n) is 6.90. The van der Waals surface area contributed by atoms with E-state index in [1.54, 1.807) is 29.2 Å². The Morgan fingerprint density at radius 1 is 1.32 bits per heavy atom. The van der Waals surface area contributed by atoms with Crippen molar-refractivity contribution in [1.29, 1.82) is 0 Å². The molecule has 1 aromatic carbocycles. The van der Waals surface area contributed by atoms with Crippen molar-refractivity contribution >= 4 is 31.3 Å². The Balaban J connectivity index is 2.46. The van der Waals surface area contributed by atoms with Gasteiger partial charge in [-0.25, -0.2) is 9.67 Å². The second-order valence-electron chi connectivity index (χ2n) is 6.34. The van der Waals surface area contributed by atoms with Crippen LogP contribution in [0.2, 0.25) is 29.7 Å². The molecule has 4 nitrogen and oxygen atoms in total. The highest BCUT2D eigenvalue weighted by Gasteiger charge is 2.30. The first kappa shape index (κ1) is 17.2. The predicted molar refractivity (Wildman–Crippen MR) is 92.9 cm³/mol. The third-order valence-electron chi connectivity index (χ3n) is 3.13. The maximum absolute atomic E-state index is 11.2. The average molecular weight is 356 g/mol. The normalized spacial score (nSPS) is 15.2. The molecule has 118 valence electrons. The van der Waals surface area contributed by atoms with Crippen LogP contribution in [0.25, 0.3) is 0 Å². The molecule has 0 fully saturated rings. The molecule has 0 bridgehead atoms. The monoisotopic (exact) mass is 355 g/mol. The van der Waals surface area contributed by atoms with Crippen molar-refractivity contribution in [2.45, 2.75) is 31.8 Å². The van der Waals surface area contributed by atoms with E-state index in [-0.39, 0.29) is 6.54 Å². The molecule has 1 heterocycles. The lowest BCUT2D eigenvalue weighted by Gasteiger charge is -2.27. The van der Waals surface area contributed by atoms with Gasteiger partial charge in [0.05, 0.1) is 14.6 Å². The molecule has 1 unspecified atom stereocenters. The van der Waals surface area contributed by atoms with Gasteiger partial charge in [-0.2, -0.15) is 5.10 Å². The van der Waals surface area contributed by atoms with Crippen LogP contribution in [0.4, 0.5) is 0 Å². The summed E-state index contributed by atoms with van der Waals surface area (Å²) in [5, 5.41) is 16.2. The summed E-state index contributed by atoms with van der Waals surface area (Å²) in [4.78, 5) is 3.92. The molecule has 0 saturated carbocycles. The van der Waals surface area contributed by atoms with Gasteiger partial charge in [-0.05, 0) is 12.1 Å². The van der Waals surface area contributed by atoms with Crippen LogP contribution in [0.1, 0.15) is 5.56 Å². The van der Waals surface area contributed by atoms with Gasteiger partial charge in [0, 0.05) is 15.6 Å².